The van der Waals surface area contributed by atoms with Gasteiger partial charge in [-0.05, 0) is 18.9 Å². The maximum Gasteiger partial charge on any atom is 0.273 e. The molecule has 1 aliphatic heterocycles. The Bertz CT molecular complexity index is 642. The van der Waals surface area contributed by atoms with Crippen LogP contribution in [-0.2, 0) is 0 Å². The summed E-state index contributed by atoms with van der Waals surface area (Å²) in [5, 5.41) is 10.7. The van der Waals surface area contributed by atoms with Gasteiger partial charge in [-0.15, -0.1) is 0 Å². The molecule has 1 aliphatic rings. The Morgan fingerprint density at radius 1 is 1.37 bits per heavy atom. The van der Waals surface area contributed by atoms with E-state index in [0.717, 1.165) is 13.1 Å². The van der Waals surface area contributed by atoms with E-state index >= 15 is 0 Å². The van der Waals surface area contributed by atoms with Crippen molar-refractivity contribution in [3.63, 3.8) is 0 Å². The minimum absolute atomic E-state index is 0.0127. The summed E-state index contributed by atoms with van der Waals surface area (Å²) in [4.78, 5) is 16.7. The predicted molar refractivity (Wildman–Crippen MR) is 70.5 cm³/mol. The third-order valence-electron chi connectivity index (χ3n) is 3.17. The minimum atomic E-state index is -0.443. The second-order valence-electron chi connectivity index (χ2n) is 4.52. The van der Waals surface area contributed by atoms with Crippen LogP contribution in [0.5, 0.6) is 0 Å². The van der Waals surface area contributed by atoms with Crippen molar-refractivity contribution < 1.29 is 9.34 Å². The van der Waals surface area contributed by atoms with Gasteiger partial charge in [0.05, 0.1) is 11.0 Å². The largest absolute Gasteiger partial charge is 0.436 e. The molecule has 0 N–H and O–H groups in total. The first-order valence-corrected chi connectivity index (χ1v) is 6.19. The standard InChI is InChI=1S/C13H13N3O3/c17-16(18)10-3-4-11-12(9-10)19-13(14-11)5-8-15-6-1-2-7-15/h3-5,8-9H,1-2,6-7H2/b8-5+. The molecule has 0 radical (unpaired) electrons. The number of oxazole rings is 1. The predicted octanol–water partition coefficient (Wildman–Crippen LogP) is 2.80. The van der Waals surface area contributed by atoms with Crippen molar-refractivity contribution in [3.05, 3.63) is 40.4 Å². The molecule has 1 aromatic carbocycles. The Balaban J connectivity index is 1.86. The fourth-order valence-corrected chi connectivity index (χ4v) is 2.18. The van der Waals surface area contributed by atoms with Gasteiger partial charge in [-0.25, -0.2) is 4.98 Å². The second kappa shape index (κ2) is 4.72. The van der Waals surface area contributed by atoms with E-state index < -0.39 is 4.92 Å². The molecule has 0 bridgehead atoms. The van der Waals surface area contributed by atoms with Crippen LogP contribution in [0.2, 0.25) is 0 Å². The van der Waals surface area contributed by atoms with E-state index in [1.807, 2.05) is 6.20 Å². The number of hydrogen-bond donors (Lipinski definition) is 0. The first-order valence-electron chi connectivity index (χ1n) is 6.19. The molecule has 1 fully saturated rings. The summed E-state index contributed by atoms with van der Waals surface area (Å²) >= 11 is 0. The molecule has 0 saturated carbocycles. The van der Waals surface area contributed by atoms with Gasteiger partial charge in [-0.3, -0.25) is 10.1 Å². The molecular weight excluding hydrogens is 246 g/mol. The molecule has 0 unspecified atom stereocenters. The van der Waals surface area contributed by atoms with E-state index in [2.05, 4.69) is 9.88 Å². The van der Waals surface area contributed by atoms with E-state index in [0.29, 0.717) is 17.0 Å². The zero-order valence-corrected chi connectivity index (χ0v) is 10.3. The lowest BCUT2D eigenvalue weighted by Gasteiger charge is -2.08. The highest BCUT2D eigenvalue weighted by atomic mass is 16.6. The van der Waals surface area contributed by atoms with E-state index in [9.17, 15) is 10.1 Å². The fraction of sp³-hybridized carbons (Fsp3) is 0.308. The molecule has 2 heterocycles. The number of fused-ring (bicyclic) bond motifs is 1. The van der Waals surface area contributed by atoms with Crippen LogP contribution in [0.25, 0.3) is 17.2 Å². The lowest BCUT2D eigenvalue weighted by atomic mass is 10.3. The van der Waals surface area contributed by atoms with Gasteiger partial charge in [0.2, 0.25) is 5.89 Å². The summed E-state index contributed by atoms with van der Waals surface area (Å²) in [6.45, 7) is 2.12. The molecule has 0 amide bonds. The van der Waals surface area contributed by atoms with Crippen LogP contribution in [0.1, 0.15) is 18.7 Å². The molecule has 1 saturated heterocycles. The number of aromatic nitrogens is 1. The number of hydrogen-bond acceptors (Lipinski definition) is 5. The van der Waals surface area contributed by atoms with Crippen LogP contribution in [0.4, 0.5) is 5.69 Å². The van der Waals surface area contributed by atoms with E-state index in [1.54, 1.807) is 12.1 Å². The maximum atomic E-state index is 10.7. The first-order chi connectivity index (χ1) is 9.22. The molecule has 2 aromatic rings. The Kier molecular flexibility index (Phi) is 2.91. The maximum absolute atomic E-state index is 10.7. The monoisotopic (exact) mass is 259 g/mol. The molecule has 3 rings (SSSR count). The average Bonchev–Trinajstić information content (AvgIpc) is 3.04. The van der Waals surface area contributed by atoms with Gasteiger partial charge in [0.1, 0.15) is 5.52 Å². The summed E-state index contributed by atoms with van der Waals surface area (Å²) < 4.78 is 5.49. The molecule has 0 aliphatic carbocycles. The Morgan fingerprint density at radius 2 is 2.16 bits per heavy atom. The number of nitro benzene ring substituents is 1. The number of nitrogens with zero attached hydrogens (tertiary/aromatic N) is 3. The first kappa shape index (κ1) is 11.7. The van der Waals surface area contributed by atoms with Crippen LogP contribution in [0.3, 0.4) is 0 Å². The molecule has 1 aromatic heterocycles. The van der Waals surface area contributed by atoms with Crippen molar-refractivity contribution in [1.82, 2.24) is 9.88 Å². The third kappa shape index (κ3) is 2.42. The minimum Gasteiger partial charge on any atom is -0.436 e. The van der Waals surface area contributed by atoms with E-state index in [1.165, 1.54) is 25.0 Å². The number of nitro groups is 1. The van der Waals surface area contributed by atoms with Crippen LogP contribution in [0, 0.1) is 10.1 Å². The van der Waals surface area contributed by atoms with Crippen molar-refractivity contribution in [2.75, 3.05) is 13.1 Å². The summed E-state index contributed by atoms with van der Waals surface area (Å²) in [5.74, 6) is 0.474. The molecule has 0 atom stereocenters. The van der Waals surface area contributed by atoms with Crippen molar-refractivity contribution in [1.29, 1.82) is 0 Å². The Hall–Kier alpha value is -2.37. The lowest BCUT2D eigenvalue weighted by Crippen LogP contribution is -2.09. The van der Waals surface area contributed by atoms with Gasteiger partial charge < -0.3 is 9.32 Å². The summed E-state index contributed by atoms with van der Waals surface area (Å²) in [6.07, 6.45) is 6.19. The van der Waals surface area contributed by atoms with Crippen molar-refractivity contribution in [2.24, 2.45) is 0 Å². The highest BCUT2D eigenvalue weighted by molar-refractivity contribution is 5.76. The normalized spacial score (nSPS) is 15.7. The SMILES string of the molecule is O=[N+]([O-])c1ccc2nc(/C=C/N3CCCC3)oc2c1. The molecule has 0 spiro atoms. The van der Waals surface area contributed by atoms with Crippen LogP contribution >= 0.6 is 0 Å². The zero-order valence-electron chi connectivity index (χ0n) is 10.3. The Labute approximate surface area is 109 Å². The molecule has 19 heavy (non-hydrogen) atoms. The molecule has 98 valence electrons. The molecular formula is C13H13N3O3. The van der Waals surface area contributed by atoms with Crippen molar-refractivity contribution in [2.45, 2.75) is 12.8 Å². The molecule has 6 nitrogen and oxygen atoms in total. The summed E-state index contributed by atoms with van der Waals surface area (Å²) in [5.41, 5.74) is 1.08. The van der Waals surface area contributed by atoms with Crippen LogP contribution in [-0.4, -0.2) is 27.9 Å². The lowest BCUT2D eigenvalue weighted by molar-refractivity contribution is -0.384. The number of benzene rings is 1. The Morgan fingerprint density at radius 3 is 2.89 bits per heavy atom. The van der Waals surface area contributed by atoms with Gasteiger partial charge in [-0.1, -0.05) is 0 Å². The highest BCUT2D eigenvalue weighted by Gasteiger charge is 2.11. The van der Waals surface area contributed by atoms with Crippen molar-refractivity contribution in [3.8, 4) is 0 Å². The van der Waals surface area contributed by atoms with Crippen LogP contribution < -0.4 is 0 Å². The zero-order chi connectivity index (χ0) is 13.2. The van der Waals surface area contributed by atoms with E-state index in [4.69, 9.17) is 4.42 Å². The topological polar surface area (TPSA) is 72.4 Å². The van der Waals surface area contributed by atoms with Crippen molar-refractivity contribution >= 4 is 22.9 Å². The smallest absolute Gasteiger partial charge is 0.273 e. The average molecular weight is 259 g/mol. The number of likely N-dealkylation sites (tertiary alicyclic amines) is 1. The summed E-state index contributed by atoms with van der Waals surface area (Å²) in [6, 6.07) is 4.43. The van der Waals surface area contributed by atoms with Gasteiger partial charge in [0.25, 0.3) is 5.69 Å². The third-order valence-corrected chi connectivity index (χ3v) is 3.17. The highest BCUT2D eigenvalue weighted by Crippen LogP contribution is 2.22. The quantitative estimate of drug-likeness (QED) is 0.626. The second-order valence-corrected chi connectivity index (χ2v) is 4.52. The van der Waals surface area contributed by atoms with Gasteiger partial charge in [0, 0.05) is 31.4 Å². The van der Waals surface area contributed by atoms with Gasteiger partial charge in [-0.2, -0.15) is 0 Å². The van der Waals surface area contributed by atoms with E-state index in [-0.39, 0.29) is 5.69 Å². The van der Waals surface area contributed by atoms with Gasteiger partial charge in [0.15, 0.2) is 5.58 Å². The van der Waals surface area contributed by atoms with Gasteiger partial charge >= 0.3 is 0 Å². The number of non-ortho nitro benzene ring substituents is 1. The molecule has 6 heteroatoms. The number of rotatable bonds is 3. The van der Waals surface area contributed by atoms with Crippen LogP contribution in [0.15, 0.2) is 28.8 Å². The summed E-state index contributed by atoms with van der Waals surface area (Å²) in [7, 11) is 0. The fourth-order valence-electron chi connectivity index (χ4n) is 2.18.